The van der Waals surface area contributed by atoms with Crippen molar-refractivity contribution in [2.45, 2.75) is 0 Å². The van der Waals surface area contributed by atoms with Gasteiger partial charge in [-0.25, -0.2) is 4.79 Å². The molecule has 1 heterocycles. The number of ether oxygens (including phenoxy) is 2. The largest absolute Gasteiger partial charge is 0.452 e. The van der Waals surface area contributed by atoms with Crippen LogP contribution >= 0.6 is 0 Å². The zero-order valence-corrected chi connectivity index (χ0v) is 18.2. The maximum absolute atomic E-state index is 12.8. The SMILES string of the molecule is O=C(Oc1ccc2c(c1)OC(=Cc1ccc(-c3ccccc3)cc1)C2=O)c1cccc([N+](=O)[O-])c1. The molecule has 7 heteroatoms. The molecule has 0 saturated carbocycles. The Morgan fingerprint density at radius 2 is 1.60 bits per heavy atom. The van der Waals surface area contributed by atoms with Gasteiger partial charge in [0, 0.05) is 18.2 Å². The zero-order valence-electron chi connectivity index (χ0n) is 18.2. The van der Waals surface area contributed by atoms with Crippen LogP contribution in [0.15, 0.2) is 103 Å². The number of esters is 1. The minimum absolute atomic E-state index is 0.0382. The lowest BCUT2D eigenvalue weighted by Crippen LogP contribution is -2.08. The normalized spacial score (nSPS) is 13.3. The van der Waals surface area contributed by atoms with Crippen LogP contribution in [-0.2, 0) is 0 Å². The number of non-ortho nitro benzene ring substituents is 1. The topological polar surface area (TPSA) is 95.7 Å². The lowest BCUT2D eigenvalue weighted by Gasteiger charge is -2.06. The van der Waals surface area contributed by atoms with E-state index in [1.165, 1.54) is 36.4 Å². The third-order valence-corrected chi connectivity index (χ3v) is 5.46. The summed E-state index contributed by atoms with van der Waals surface area (Å²) in [7, 11) is 0. The number of fused-ring (bicyclic) bond motifs is 1. The summed E-state index contributed by atoms with van der Waals surface area (Å²) < 4.78 is 11.1. The van der Waals surface area contributed by atoms with E-state index in [0.717, 1.165) is 22.8 Å². The quantitative estimate of drug-likeness (QED) is 0.117. The van der Waals surface area contributed by atoms with Gasteiger partial charge >= 0.3 is 5.97 Å². The van der Waals surface area contributed by atoms with Crippen molar-refractivity contribution >= 4 is 23.5 Å². The number of Topliss-reactive ketones (excluding diaryl/α,β-unsaturated/α-hetero) is 1. The van der Waals surface area contributed by atoms with Crippen LogP contribution in [0.5, 0.6) is 11.5 Å². The fourth-order valence-corrected chi connectivity index (χ4v) is 3.70. The number of nitro benzene ring substituents is 1. The maximum Gasteiger partial charge on any atom is 0.343 e. The summed E-state index contributed by atoms with van der Waals surface area (Å²) in [6.07, 6.45) is 1.66. The van der Waals surface area contributed by atoms with Crippen LogP contribution in [0.1, 0.15) is 26.3 Å². The summed E-state index contributed by atoms with van der Waals surface area (Å²) in [4.78, 5) is 35.6. The van der Waals surface area contributed by atoms with E-state index in [0.29, 0.717) is 5.56 Å². The molecule has 4 aromatic carbocycles. The first-order valence-electron chi connectivity index (χ1n) is 10.7. The monoisotopic (exact) mass is 463 g/mol. The van der Waals surface area contributed by atoms with Gasteiger partial charge in [-0.05, 0) is 41.0 Å². The molecule has 35 heavy (non-hydrogen) atoms. The van der Waals surface area contributed by atoms with Gasteiger partial charge in [-0.3, -0.25) is 14.9 Å². The second-order valence-corrected chi connectivity index (χ2v) is 7.78. The summed E-state index contributed by atoms with van der Waals surface area (Å²) in [5.74, 6) is -0.446. The predicted octanol–water partition coefficient (Wildman–Crippen LogP) is 6.10. The molecular weight excluding hydrogens is 446 g/mol. The molecule has 1 aliphatic heterocycles. The Hall–Kier alpha value is -5.04. The van der Waals surface area contributed by atoms with Gasteiger partial charge in [0.2, 0.25) is 5.78 Å². The molecular formula is C28H17NO6. The summed E-state index contributed by atoms with van der Waals surface area (Å²) in [5, 5.41) is 10.9. The van der Waals surface area contributed by atoms with Crippen LogP contribution in [0.3, 0.4) is 0 Å². The number of allylic oxidation sites excluding steroid dienone is 1. The number of rotatable bonds is 5. The maximum atomic E-state index is 12.8. The summed E-state index contributed by atoms with van der Waals surface area (Å²) in [6.45, 7) is 0. The minimum atomic E-state index is -0.757. The van der Waals surface area contributed by atoms with Gasteiger partial charge in [-0.15, -0.1) is 0 Å². The summed E-state index contributed by atoms with van der Waals surface area (Å²) in [5.41, 5.74) is 3.14. The molecule has 4 aromatic rings. The molecule has 0 aromatic heterocycles. The summed E-state index contributed by atoms with van der Waals surface area (Å²) in [6, 6.07) is 27.4. The van der Waals surface area contributed by atoms with Crippen molar-refractivity contribution in [3.63, 3.8) is 0 Å². The Morgan fingerprint density at radius 1 is 0.857 bits per heavy atom. The highest BCUT2D eigenvalue weighted by Gasteiger charge is 2.28. The van der Waals surface area contributed by atoms with E-state index >= 15 is 0 Å². The fraction of sp³-hybridized carbons (Fsp3) is 0. The second-order valence-electron chi connectivity index (χ2n) is 7.78. The number of carbonyl (C=O) groups excluding carboxylic acids is 2. The minimum Gasteiger partial charge on any atom is -0.452 e. The molecule has 0 bridgehead atoms. The smallest absolute Gasteiger partial charge is 0.343 e. The van der Waals surface area contributed by atoms with Gasteiger partial charge in [0.05, 0.1) is 16.1 Å². The van der Waals surface area contributed by atoms with Gasteiger partial charge in [0.15, 0.2) is 5.76 Å². The predicted molar refractivity (Wildman–Crippen MR) is 129 cm³/mol. The summed E-state index contributed by atoms with van der Waals surface area (Å²) >= 11 is 0. The third-order valence-electron chi connectivity index (χ3n) is 5.46. The third kappa shape index (κ3) is 4.56. The Labute approximate surface area is 200 Å². The molecule has 0 radical (unpaired) electrons. The first kappa shape index (κ1) is 21.8. The lowest BCUT2D eigenvalue weighted by molar-refractivity contribution is -0.384. The number of ketones is 1. The van der Waals surface area contributed by atoms with E-state index in [2.05, 4.69) is 0 Å². The highest BCUT2D eigenvalue weighted by Crippen LogP contribution is 2.35. The average molecular weight is 463 g/mol. The van der Waals surface area contributed by atoms with E-state index in [1.807, 2.05) is 54.6 Å². The molecule has 1 aliphatic rings. The Bertz CT molecular complexity index is 1490. The van der Waals surface area contributed by atoms with E-state index in [1.54, 1.807) is 6.08 Å². The number of benzene rings is 4. The van der Waals surface area contributed by atoms with Crippen LogP contribution < -0.4 is 9.47 Å². The van der Waals surface area contributed by atoms with E-state index in [4.69, 9.17) is 9.47 Å². The van der Waals surface area contributed by atoms with E-state index in [9.17, 15) is 19.7 Å². The van der Waals surface area contributed by atoms with Gasteiger partial charge in [0.1, 0.15) is 11.5 Å². The number of hydrogen-bond acceptors (Lipinski definition) is 6. The van der Waals surface area contributed by atoms with Crippen molar-refractivity contribution in [1.29, 1.82) is 0 Å². The van der Waals surface area contributed by atoms with Crippen LogP contribution in [0.25, 0.3) is 17.2 Å². The zero-order chi connectivity index (χ0) is 24.4. The molecule has 0 fully saturated rings. The van der Waals surface area contributed by atoms with Crippen molar-refractivity contribution < 1.29 is 24.0 Å². The molecule has 0 amide bonds. The van der Waals surface area contributed by atoms with Crippen LogP contribution in [0.4, 0.5) is 5.69 Å². The average Bonchev–Trinajstić information content (AvgIpc) is 3.19. The molecule has 0 atom stereocenters. The van der Waals surface area contributed by atoms with Gasteiger partial charge in [0.25, 0.3) is 5.69 Å². The molecule has 0 N–H and O–H groups in total. The molecule has 170 valence electrons. The highest BCUT2D eigenvalue weighted by atomic mass is 16.6. The number of nitro groups is 1. The van der Waals surface area contributed by atoms with E-state index in [-0.39, 0.29) is 34.3 Å². The molecule has 0 unspecified atom stereocenters. The van der Waals surface area contributed by atoms with Gasteiger partial charge in [-0.2, -0.15) is 0 Å². The van der Waals surface area contributed by atoms with Crippen LogP contribution in [0.2, 0.25) is 0 Å². The standard InChI is InChI=1S/C28H17NO6/c30-27-24-14-13-23(34-28(31)21-7-4-8-22(16-21)29(32)33)17-25(24)35-26(27)15-18-9-11-20(12-10-18)19-5-2-1-3-6-19/h1-17H. The fourth-order valence-electron chi connectivity index (χ4n) is 3.70. The first-order valence-corrected chi connectivity index (χ1v) is 10.7. The van der Waals surface area contributed by atoms with Gasteiger partial charge in [-0.1, -0.05) is 60.7 Å². The Kier molecular flexibility index (Phi) is 5.65. The number of hydrogen-bond donors (Lipinski definition) is 0. The number of nitrogens with zero attached hydrogens (tertiary/aromatic N) is 1. The molecule has 5 rings (SSSR count). The Morgan fingerprint density at radius 3 is 2.34 bits per heavy atom. The van der Waals surface area contributed by atoms with Crippen LogP contribution in [-0.4, -0.2) is 16.7 Å². The lowest BCUT2D eigenvalue weighted by atomic mass is 10.0. The van der Waals surface area contributed by atoms with E-state index < -0.39 is 10.9 Å². The Balaban J connectivity index is 1.32. The van der Waals surface area contributed by atoms with Crippen molar-refractivity contribution in [2.24, 2.45) is 0 Å². The van der Waals surface area contributed by atoms with Crippen molar-refractivity contribution in [3.05, 3.63) is 130 Å². The van der Waals surface area contributed by atoms with Crippen LogP contribution in [0, 0.1) is 10.1 Å². The second kappa shape index (κ2) is 9.07. The van der Waals surface area contributed by atoms with Crippen molar-refractivity contribution in [3.8, 4) is 22.6 Å². The number of carbonyl (C=O) groups is 2. The van der Waals surface area contributed by atoms with Gasteiger partial charge < -0.3 is 9.47 Å². The molecule has 0 aliphatic carbocycles. The molecule has 7 nitrogen and oxygen atoms in total. The molecule has 0 spiro atoms. The highest BCUT2D eigenvalue weighted by molar-refractivity contribution is 6.14. The molecule has 0 saturated heterocycles. The van der Waals surface area contributed by atoms with Crippen molar-refractivity contribution in [2.75, 3.05) is 0 Å². The first-order chi connectivity index (χ1) is 17.0. The van der Waals surface area contributed by atoms with Crippen molar-refractivity contribution in [1.82, 2.24) is 0 Å².